The lowest BCUT2D eigenvalue weighted by molar-refractivity contribution is 0.283. The molecule has 0 saturated heterocycles. The Bertz CT molecular complexity index is 566. The SMILES string of the molecule is CC(C)c1nc(N(C)Cc2ccc(F)cc2)sc1CO. The predicted molar refractivity (Wildman–Crippen MR) is 80.6 cm³/mol. The van der Waals surface area contributed by atoms with Gasteiger partial charge in [0, 0.05) is 13.6 Å². The number of hydrogen-bond donors (Lipinski definition) is 1. The summed E-state index contributed by atoms with van der Waals surface area (Å²) >= 11 is 1.51. The maximum atomic E-state index is 12.9. The average Bonchev–Trinajstić information content (AvgIpc) is 2.86. The quantitative estimate of drug-likeness (QED) is 0.916. The number of rotatable bonds is 5. The largest absolute Gasteiger partial charge is 0.391 e. The molecule has 108 valence electrons. The second kappa shape index (κ2) is 6.33. The number of halogens is 1. The van der Waals surface area contributed by atoms with Gasteiger partial charge in [0.1, 0.15) is 5.82 Å². The van der Waals surface area contributed by atoms with Crippen LogP contribution in [0.3, 0.4) is 0 Å². The summed E-state index contributed by atoms with van der Waals surface area (Å²) < 4.78 is 12.9. The number of aliphatic hydroxyl groups excluding tert-OH is 1. The van der Waals surface area contributed by atoms with E-state index in [0.29, 0.717) is 12.5 Å². The smallest absolute Gasteiger partial charge is 0.185 e. The Balaban J connectivity index is 2.16. The summed E-state index contributed by atoms with van der Waals surface area (Å²) in [5.74, 6) is 0.0664. The fourth-order valence-electron chi connectivity index (χ4n) is 2.01. The zero-order valence-electron chi connectivity index (χ0n) is 11.9. The van der Waals surface area contributed by atoms with Crippen molar-refractivity contribution in [3.63, 3.8) is 0 Å². The lowest BCUT2D eigenvalue weighted by Gasteiger charge is -2.15. The summed E-state index contributed by atoms with van der Waals surface area (Å²) in [5.41, 5.74) is 1.99. The van der Waals surface area contributed by atoms with Gasteiger partial charge in [0.2, 0.25) is 0 Å². The van der Waals surface area contributed by atoms with Crippen LogP contribution in [0.2, 0.25) is 0 Å². The number of aliphatic hydroxyl groups is 1. The normalized spacial score (nSPS) is 11.1. The molecule has 3 nitrogen and oxygen atoms in total. The first-order chi connectivity index (χ1) is 9.51. The van der Waals surface area contributed by atoms with Gasteiger partial charge in [0.15, 0.2) is 5.13 Å². The van der Waals surface area contributed by atoms with E-state index in [9.17, 15) is 9.50 Å². The van der Waals surface area contributed by atoms with Crippen LogP contribution in [0.1, 0.15) is 35.9 Å². The monoisotopic (exact) mass is 294 g/mol. The minimum atomic E-state index is -0.227. The molecule has 0 atom stereocenters. The molecule has 2 rings (SSSR count). The van der Waals surface area contributed by atoms with Crippen molar-refractivity contribution >= 4 is 16.5 Å². The summed E-state index contributed by atoms with van der Waals surface area (Å²) in [7, 11) is 1.95. The summed E-state index contributed by atoms with van der Waals surface area (Å²) in [4.78, 5) is 7.54. The van der Waals surface area contributed by atoms with Gasteiger partial charge < -0.3 is 10.0 Å². The molecule has 0 radical (unpaired) electrons. The molecule has 2 aromatic rings. The van der Waals surface area contributed by atoms with Crippen LogP contribution in [0, 0.1) is 5.82 Å². The third-order valence-electron chi connectivity index (χ3n) is 3.07. The molecular weight excluding hydrogens is 275 g/mol. The molecule has 1 N–H and O–H groups in total. The molecule has 0 fully saturated rings. The van der Waals surface area contributed by atoms with E-state index in [-0.39, 0.29) is 12.4 Å². The highest BCUT2D eigenvalue weighted by Crippen LogP contribution is 2.30. The molecule has 0 saturated carbocycles. The Morgan fingerprint density at radius 1 is 1.30 bits per heavy atom. The van der Waals surface area contributed by atoms with E-state index >= 15 is 0 Å². The predicted octanol–water partition coefficient (Wildman–Crippen LogP) is 3.53. The lowest BCUT2D eigenvalue weighted by Crippen LogP contribution is -2.16. The minimum absolute atomic E-state index is 0.0234. The van der Waals surface area contributed by atoms with Crippen LogP contribution in [0.5, 0.6) is 0 Å². The minimum Gasteiger partial charge on any atom is -0.391 e. The summed E-state index contributed by atoms with van der Waals surface area (Å²) in [6.45, 7) is 4.82. The molecule has 0 aliphatic rings. The number of benzene rings is 1. The fraction of sp³-hybridized carbons (Fsp3) is 0.400. The Morgan fingerprint density at radius 2 is 1.95 bits per heavy atom. The highest BCUT2D eigenvalue weighted by Gasteiger charge is 2.16. The molecule has 5 heteroatoms. The van der Waals surface area contributed by atoms with Gasteiger partial charge >= 0.3 is 0 Å². The highest BCUT2D eigenvalue weighted by atomic mass is 32.1. The molecule has 20 heavy (non-hydrogen) atoms. The average molecular weight is 294 g/mol. The molecule has 1 aromatic carbocycles. The van der Waals surface area contributed by atoms with E-state index in [1.54, 1.807) is 12.1 Å². The maximum Gasteiger partial charge on any atom is 0.185 e. The first-order valence-electron chi connectivity index (χ1n) is 6.57. The zero-order chi connectivity index (χ0) is 14.7. The van der Waals surface area contributed by atoms with E-state index in [0.717, 1.165) is 21.3 Å². The lowest BCUT2D eigenvalue weighted by atomic mass is 10.1. The number of thiazole rings is 1. The molecular formula is C15H19FN2OS. The maximum absolute atomic E-state index is 12.9. The Hall–Kier alpha value is -1.46. The summed E-state index contributed by atoms with van der Waals surface area (Å²) in [5, 5.41) is 10.3. The van der Waals surface area contributed by atoms with Crippen molar-refractivity contribution in [1.29, 1.82) is 0 Å². The highest BCUT2D eigenvalue weighted by molar-refractivity contribution is 7.15. The van der Waals surface area contributed by atoms with E-state index in [1.165, 1.54) is 23.5 Å². The van der Waals surface area contributed by atoms with Gasteiger partial charge in [-0.05, 0) is 23.6 Å². The van der Waals surface area contributed by atoms with Crippen molar-refractivity contribution in [3.8, 4) is 0 Å². The van der Waals surface area contributed by atoms with Gasteiger partial charge in [-0.3, -0.25) is 0 Å². The standard InChI is InChI=1S/C15H19FN2OS/c1-10(2)14-13(9-19)20-15(17-14)18(3)8-11-4-6-12(16)7-5-11/h4-7,10,19H,8-9H2,1-3H3. The Labute approximate surface area is 122 Å². The first kappa shape index (κ1) is 14.9. The molecule has 1 aromatic heterocycles. The third-order valence-corrected chi connectivity index (χ3v) is 4.24. The van der Waals surface area contributed by atoms with E-state index in [4.69, 9.17) is 0 Å². The van der Waals surface area contributed by atoms with Crippen molar-refractivity contribution in [1.82, 2.24) is 4.98 Å². The van der Waals surface area contributed by atoms with Crippen LogP contribution in [0.4, 0.5) is 9.52 Å². The van der Waals surface area contributed by atoms with Gasteiger partial charge in [-0.1, -0.05) is 37.3 Å². The first-order valence-corrected chi connectivity index (χ1v) is 7.39. The molecule has 0 bridgehead atoms. The zero-order valence-corrected chi connectivity index (χ0v) is 12.7. The number of anilines is 1. The van der Waals surface area contributed by atoms with Gasteiger partial charge in [0.25, 0.3) is 0 Å². The van der Waals surface area contributed by atoms with E-state index in [2.05, 4.69) is 18.8 Å². The van der Waals surface area contributed by atoms with Gasteiger partial charge in [0.05, 0.1) is 17.2 Å². The van der Waals surface area contributed by atoms with Crippen molar-refractivity contribution in [3.05, 3.63) is 46.2 Å². The fourth-order valence-corrected chi connectivity index (χ4v) is 3.04. The van der Waals surface area contributed by atoms with Crippen LogP contribution in [0.25, 0.3) is 0 Å². The number of hydrogen-bond acceptors (Lipinski definition) is 4. The second-order valence-corrected chi connectivity index (χ2v) is 6.16. The summed E-state index contributed by atoms with van der Waals surface area (Å²) in [6.07, 6.45) is 0. The molecule has 0 amide bonds. The molecule has 0 aliphatic carbocycles. The molecule has 0 aliphatic heterocycles. The van der Waals surface area contributed by atoms with Crippen molar-refractivity contribution in [2.75, 3.05) is 11.9 Å². The topological polar surface area (TPSA) is 36.4 Å². The van der Waals surface area contributed by atoms with Crippen molar-refractivity contribution in [2.45, 2.75) is 32.9 Å². The third kappa shape index (κ3) is 3.35. The van der Waals surface area contributed by atoms with Gasteiger partial charge in [-0.25, -0.2) is 9.37 Å². The van der Waals surface area contributed by atoms with E-state index in [1.807, 2.05) is 11.9 Å². The molecule has 0 unspecified atom stereocenters. The molecule has 0 spiro atoms. The summed E-state index contributed by atoms with van der Waals surface area (Å²) in [6, 6.07) is 6.47. The van der Waals surface area contributed by atoms with Crippen LogP contribution >= 0.6 is 11.3 Å². The van der Waals surface area contributed by atoms with Crippen LogP contribution in [-0.2, 0) is 13.2 Å². The Morgan fingerprint density at radius 3 is 2.45 bits per heavy atom. The Kier molecular flexibility index (Phi) is 4.73. The molecule has 1 heterocycles. The van der Waals surface area contributed by atoms with Crippen LogP contribution in [-0.4, -0.2) is 17.1 Å². The van der Waals surface area contributed by atoms with Crippen LogP contribution in [0.15, 0.2) is 24.3 Å². The van der Waals surface area contributed by atoms with Crippen LogP contribution < -0.4 is 4.90 Å². The van der Waals surface area contributed by atoms with Crippen molar-refractivity contribution in [2.24, 2.45) is 0 Å². The van der Waals surface area contributed by atoms with Crippen molar-refractivity contribution < 1.29 is 9.50 Å². The van der Waals surface area contributed by atoms with Gasteiger partial charge in [-0.15, -0.1) is 0 Å². The van der Waals surface area contributed by atoms with E-state index < -0.39 is 0 Å². The van der Waals surface area contributed by atoms with Gasteiger partial charge in [-0.2, -0.15) is 0 Å². The number of nitrogens with zero attached hydrogens (tertiary/aromatic N) is 2. The second-order valence-electron chi connectivity index (χ2n) is 5.10. The number of aromatic nitrogens is 1.